The molecule has 15 heavy (non-hydrogen) atoms. The van der Waals surface area contributed by atoms with Crippen LogP contribution in [-0.2, 0) is 14.3 Å². The summed E-state index contributed by atoms with van der Waals surface area (Å²) < 4.78 is 10.7. The Kier molecular flexibility index (Phi) is 5.12. The lowest BCUT2D eigenvalue weighted by Crippen LogP contribution is -2.25. The van der Waals surface area contributed by atoms with Crippen molar-refractivity contribution in [2.75, 3.05) is 6.61 Å². The van der Waals surface area contributed by atoms with Crippen LogP contribution in [0.4, 0.5) is 0 Å². The van der Waals surface area contributed by atoms with Crippen LogP contribution in [-0.4, -0.2) is 24.8 Å². The molecule has 2 atom stereocenters. The van der Waals surface area contributed by atoms with Gasteiger partial charge in [0.25, 0.3) is 0 Å². The fraction of sp³-hybridized carbons (Fsp3) is 0.583. The molecule has 3 heteroatoms. The Hall–Kier alpha value is -1.09. The minimum atomic E-state index is -0.242. The molecule has 0 fully saturated rings. The van der Waals surface area contributed by atoms with Gasteiger partial charge < -0.3 is 9.47 Å². The maximum atomic E-state index is 10.9. The van der Waals surface area contributed by atoms with Crippen molar-refractivity contribution in [1.82, 2.24) is 0 Å². The monoisotopic (exact) mass is 210 g/mol. The van der Waals surface area contributed by atoms with Gasteiger partial charge in [0.05, 0.1) is 12.7 Å². The second-order valence-electron chi connectivity index (χ2n) is 3.65. The molecule has 1 aliphatic rings. The normalized spacial score (nSPS) is 22.1. The second kappa shape index (κ2) is 6.40. The first-order chi connectivity index (χ1) is 7.22. The first-order valence-corrected chi connectivity index (χ1v) is 5.27. The number of carbonyl (C=O) groups is 1. The van der Waals surface area contributed by atoms with Gasteiger partial charge in [0.1, 0.15) is 6.10 Å². The standard InChI is InChI=1S/C12H18O3/c1-3-6-12(15-10(2)13)9-11-7-4-5-8-14-11/h3-5,11-12H,1,6-9H2,2H3/t11-,12-/m1/s1. The maximum absolute atomic E-state index is 10.9. The smallest absolute Gasteiger partial charge is 0.302 e. The van der Waals surface area contributed by atoms with E-state index >= 15 is 0 Å². The number of rotatable bonds is 5. The summed E-state index contributed by atoms with van der Waals surface area (Å²) in [6.45, 7) is 5.74. The third-order valence-corrected chi connectivity index (χ3v) is 2.28. The van der Waals surface area contributed by atoms with E-state index in [0.29, 0.717) is 13.0 Å². The van der Waals surface area contributed by atoms with E-state index in [1.165, 1.54) is 6.92 Å². The fourth-order valence-electron chi connectivity index (χ4n) is 1.65. The molecule has 0 bridgehead atoms. The summed E-state index contributed by atoms with van der Waals surface area (Å²) in [5.41, 5.74) is 0. The molecule has 84 valence electrons. The Morgan fingerprint density at radius 1 is 1.73 bits per heavy atom. The number of hydrogen-bond acceptors (Lipinski definition) is 3. The molecule has 0 spiro atoms. The van der Waals surface area contributed by atoms with Crippen molar-refractivity contribution < 1.29 is 14.3 Å². The largest absolute Gasteiger partial charge is 0.462 e. The van der Waals surface area contributed by atoms with Crippen LogP contribution in [0.25, 0.3) is 0 Å². The zero-order valence-electron chi connectivity index (χ0n) is 9.15. The SMILES string of the molecule is C=CC[C@H](C[C@H]1CC=CCO1)OC(C)=O. The van der Waals surface area contributed by atoms with Gasteiger partial charge in [-0.05, 0) is 6.42 Å². The molecule has 1 aliphatic heterocycles. The van der Waals surface area contributed by atoms with Gasteiger partial charge in [-0.25, -0.2) is 0 Å². The van der Waals surface area contributed by atoms with E-state index in [2.05, 4.69) is 12.7 Å². The van der Waals surface area contributed by atoms with Crippen molar-refractivity contribution in [3.8, 4) is 0 Å². The van der Waals surface area contributed by atoms with E-state index in [1.54, 1.807) is 6.08 Å². The van der Waals surface area contributed by atoms with E-state index in [-0.39, 0.29) is 18.2 Å². The lowest BCUT2D eigenvalue weighted by molar-refractivity contribution is -0.147. The average molecular weight is 210 g/mol. The molecule has 0 aromatic carbocycles. The maximum Gasteiger partial charge on any atom is 0.302 e. The first kappa shape index (κ1) is 12.0. The summed E-state index contributed by atoms with van der Waals surface area (Å²) in [6, 6.07) is 0. The van der Waals surface area contributed by atoms with E-state index < -0.39 is 0 Å². The van der Waals surface area contributed by atoms with Gasteiger partial charge in [-0.15, -0.1) is 6.58 Å². The molecule has 1 rings (SSSR count). The van der Waals surface area contributed by atoms with Crippen LogP contribution in [0, 0.1) is 0 Å². The predicted octanol–water partition coefficient (Wildman–Crippen LogP) is 2.23. The van der Waals surface area contributed by atoms with Gasteiger partial charge in [-0.1, -0.05) is 18.2 Å². The minimum Gasteiger partial charge on any atom is -0.462 e. The van der Waals surface area contributed by atoms with E-state index in [0.717, 1.165) is 12.8 Å². The Bertz CT molecular complexity index is 245. The van der Waals surface area contributed by atoms with Gasteiger partial charge in [-0.2, -0.15) is 0 Å². The van der Waals surface area contributed by atoms with E-state index in [1.807, 2.05) is 6.08 Å². The molecule has 0 N–H and O–H groups in total. The molecule has 0 aromatic heterocycles. The summed E-state index contributed by atoms with van der Waals surface area (Å²) in [6.07, 6.45) is 8.27. The highest BCUT2D eigenvalue weighted by atomic mass is 16.5. The van der Waals surface area contributed by atoms with Crippen LogP contribution < -0.4 is 0 Å². The van der Waals surface area contributed by atoms with Gasteiger partial charge in [0.2, 0.25) is 0 Å². The van der Waals surface area contributed by atoms with Gasteiger partial charge in [-0.3, -0.25) is 4.79 Å². The summed E-state index contributed by atoms with van der Waals surface area (Å²) in [7, 11) is 0. The fourth-order valence-corrected chi connectivity index (χ4v) is 1.65. The molecule has 0 amide bonds. The number of esters is 1. The lowest BCUT2D eigenvalue weighted by Gasteiger charge is -2.23. The third-order valence-electron chi connectivity index (χ3n) is 2.28. The quantitative estimate of drug-likeness (QED) is 0.515. The predicted molar refractivity (Wildman–Crippen MR) is 58.5 cm³/mol. The number of ether oxygens (including phenoxy) is 2. The molecule has 3 nitrogen and oxygen atoms in total. The van der Waals surface area contributed by atoms with Crippen molar-refractivity contribution in [2.45, 2.75) is 38.4 Å². The summed E-state index contributed by atoms with van der Waals surface area (Å²) >= 11 is 0. The number of hydrogen-bond donors (Lipinski definition) is 0. The lowest BCUT2D eigenvalue weighted by atomic mass is 10.0. The van der Waals surface area contributed by atoms with Crippen LogP contribution in [0.2, 0.25) is 0 Å². The molecule has 0 unspecified atom stereocenters. The minimum absolute atomic E-state index is 0.100. The molecule has 1 heterocycles. The van der Waals surface area contributed by atoms with Gasteiger partial charge in [0.15, 0.2) is 0 Å². The van der Waals surface area contributed by atoms with Crippen molar-refractivity contribution in [3.63, 3.8) is 0 Å². The average Bonchev–Trinajstić information content (AvgIpc) is 2.18. The number of carbonyl (C=O) groups excluding carboxylic acids is 1. The van der Waals surface area contributed by atoms with Crippen LogP contribution in [0.1, 0.15) is 26.2 Å². The molecule has 0 aromatic rings. The zero-order chi connectivity index (χ0) is 11.1. The van der Waals surface area contributed by atoms with Crippen LogP contribution in [0.3, 0.4) is 0 Å². The van der Waals surface area contributed by atoms with Crippen molar-refractivity contribution in [2.24, 2.45) is 0 Å². The highest BCUT2D eigenvalue weighted by Crippen LogP contribution is 2.16. The van der Waals surface area contributed by atoms with Crippen molar-refractivity contribution >= 4 is 5.97 Å². The molecule has 0 saturated carbocycles. The zero-order valence-corrected chi connectivity index (χ0v) is 9.15. The highest BCUT2D eigenvalue weighted by molar-refractivity contribution is 5.66. The highest BCUT2D eigenvalue weighted by Gasteiger charge is 2.18. The topological polar surface area (TPSA) is 35.5 Å². The van der Waals surface area contributed by atoms with Crippen molar-refractivity contribution in [1.29, 1.82) is 0 Å². The molecular weight excluding hydrogens is 192 g/mol. The van der Waals surface area contributed by atoms with Gasteiger partial charge in [0, 0.05) is 19.8 Å². The Labute approximate surface area is 90.8 Å². The van der Waals surface area contributed by atoms with Crippen LogP contribution in [0.15, 0.2) is 24.8 Å². The summed E-state index contributed by atoms with van der Waals surface area (Å²) in [5, 5.41) is 0. The van der Waals surface area contributed by atoms with E-state index in [4.69, 9.17) is 9.47 Å². The second-order valence-corrected chi connectivity index (χ2v) is 3.65. The molecule has 0 aliphatic carbocycles. The first-order valence-electron chi connectivity index (χ1n) is 5.27. The Morgan fingerprint density at radius 2 is 2.53 bits per heavy atom. The van der Waals surface area contributed by atoms with Gasteiger partial charge >= 0.3 is 5.97 Å². The third kappa shape index (κ3) is 4.79. The molecular formula is C12H18O3. The van der Waals surface area contributed by atoms with E-state index in [9.17, 15) is 4.79 Å². The molecule has 0 saturated heterocycles. The van der Waals surface area contributed by atoms with Crippen LogP contribution in [0.5, 0.6) is 0 Å². The Morgan fingerprint density at radius 3 is 3.07 bits per heavy atom. The Balaban J connectivity index is 2.38. The molecule has 0 radical (unpaired) electrons. The summed E-state index contributed by atoms with van der Waals surface area (Å²) in [5.74, 6) is -0.242. The van der Waals surface area contributed by atoms with Crippen molar-refractivity contribution in [3.05, 3.63) is 24.8 Å². The van der Waals surface area contributed by atoms with Crippen LogP contribution >= 0.6 is 0 Å². The summed E-state index contributed by atoms with van der Waals surface area (Å²) in [4.78, 5) is 10.9.